The van der Waals surface area contributed by atoms with E-state index in [0.29, 0.717) is 26.6 Å². The fraction of sp³-hybridized carbons (Fsp3) is 0.0952. The summed E-state index contributed by atoms with van der Waals surface area (Å²) >= 11 is 17.2. The first-order valence-electron chi connectivity index (χ1n) is 8.98. The van der Waals surface area contributed by atoms with Crippen molar-refractivity contribution < 1.29 is 13.2 Å². The number of anilines is 3. The van der Waals surface area contributed by atoms with E-state index in [1.165, 1.54) is 30.3 Å². The van der Waals surface area contributed by atoms with Gasteiger partial charge >= 0.3 is 0 Å². The van der Waals surface area contributed by atoms with E-state index in [1.54, 1.807) is 19.2 Å². The Balaban J connectivity index is 1.69. The molecule has 0 spiro atoms. The van der Waals surface area contributed by atoms with Crippen molar-refractivity contribution in [3.05, 3.63) is 76.3 Å². The summed E-state index contributed by atoms with van der Waals surface area (Å²) in [5.74, 6) is 0.656. The van der Waals surface area contributed by atoms with Crippen molar-refractivity contribution in [2.75, 3.05) is 22.5 Å². The maximum absolute atomic E-state index is 12.6. The van der Waals surface area contributed by atoms with Gasteiger partial charge in [0.15, 0.2) is 5.11 Å². The molecule has 0 saturated carbocycles. The zero-order valence-electron chi connectivity index (χ0n) is 16.6. The second-order valence-corrected chi connectivity index (χ2v) is 9.53. The van der Waals surface area contributed by atoms with E-state index in [1.807, 2.05) is 25.1 Å². The minimum absolute atomic E-state index is 0.0772. The highest BCUT2D eigenvalue weighted by Gasteiger charge is 2.15. The van der Waals surface area contributed by atoms with E-state index >= 15 is 0 Å². The lowest BCUT2D eigenvalue weighted by Crippen LogP contribution is -2.19. The van der Waals surface area contributed by atoms with Crippen LogP contribution in [0.4, 0.5) is 17.1 Å². The molecule has 0 atom stereocenters. The standard InChI is InChI=1S/C21H19Cl2N3O3S2/c1-13-3-8-20(29-2)19(9-13)25-21(30)24-16-4-6-18(7-5-16)31(27,28)26-17-11-14(22)10-15(23)12-17/h3-12,26H,1-2H3,(H2,24,25,30). The van der Waals surface area contributed by atoms with Crippen molar-refractivity contribution in [2.24, 2.45) is 0 Å². The normalized spacial score (nSPS) is 11.0. The molecule has 31 heavy (non-hydrogen) atoms. The predicted octanol–water partition coefficient (Wildman–Crippen LogP) is 5.92. The number of methoxy groups -OCH3 is 1. The Morgan fingerprint density at radius 3 is 2.16 bits per heavy atom. The minimum atomic E-state index is -3.81. The average molecular weight is 496 g/mol. The molecule has 0 unspecified atom stereocenters. The van der Waals surface area contributed by atoms with Crippen molar-refractivity contribution >= 4 is 67.6 Å². The molecule has 0 aliphatic carbocycles. The van der Waals surface area contributed by atoms with Crippen LogP contribution in [0.25, 0.3) is 0 Å². The number of halogens is 2. The summed E-state index contributed by atoms with van der Waals surface area (Å²) < 4.78 is 33.0. The van der Waals surface area contributed by atoms with Crippen molar-refractivity contribution in [3.8, 4) is 5.75 Å². The van der Waals surface area contributed by atoms with Crippen LogP contribution in [-0.2, 0) is 10.0 Å². The van der Waals surface area contributed by atoms with Gasteiger partial charge in [0, 0.05) is 15.7 Å². The third kappa shape index (κ3) is 6.24. The molecule has 3 aromatic rings. The summed E-state index contributed by atoms with van der Waals surface area (Å²) in [4.78, 5) is 0.0772. The molecule has 0 aliphatic heterocycles. The van der Waals surface area contributed by atoms with Gasteiger partial charge in [-0.2, -0.15) is 0 Å². The number of ether oxygens (including phenoxy) is 1. The van der Waals surface area contributed by atoms with Crippen LogP contribution >= 0.6 is 35.4 Å². The van der Waals surface area contributed by atoms with Crippen molar-refractivity contribution in [2.45, 2.75) is 11.8 Å². The van der Waals surface area contributed by atoms with Gasteiger partial charge in [0.1, 0.15) is 5.75 Å². The summed E-state index contributed by atoms with van der Waals surface area (Å²) in [6, 6.07) is 16.3. The second kappa shape index (κ2) is 9.74. The number of thiocarbonyl (C=S) groups is 1. The fourth-order valence-corrected chi connectivity index (χ4v) is 4.54. The molecule has 0 amide bonds. The molecule has 0 heterocycles. The van der Waals surface area contributed by atoms with Crippen LogP contribution in [0.5, 0.6) is 5.75 Å². The van der Waals surface area contributed by atoms with Gasteiger partial charge in [0.05, 0.1) is 23.4 Å². The monoisotopic (exact) mass is 495 g/mol. The molecule has 3 aromatic carbocycles. The summed E-state index contributed by atoms with van der Waals surface area (Å²) in [5, 5.41) is 7.10. The van der Waals surface area contributed by atoms with Gasteiger partial charge in [-0.1, -0.05) is 29.3 Å². The summed E-state index contributed by atoms with van der Waals surface area (Å²) in [6.45, 7) is 1.96. The molecule has 3 rings (SSSR count). The van der Waals surface area contributed by atoms with Crippen molar-refractivity contribution in [3.63, 3.8) is 0 Å². The Kier molecular flexibility index (Phi) is 7.27. The van der Waals surface area contributed by atoms with Gasteiger partial charge in [-0.3, -0.25) is 4.72 Å². The number of nitrogens with one attached hydrogen (secondary N) is 3. The smallest absolute Gasteiger partial charge is 0.261 e. The van der Waals surface area contributed by atoms with Crippen LogP contribution in [0, 0.1) is 6.92 Å². The Labute approximate surface area is 196 Å². The Morgan fingerprint density at radius 2 is 1.55 bits per heavy atom. The van der Waals surface area contributed by atoms with E-state index in [2.05, 4.69) is 15.4 Å². The van der Waals surface area contributed by atoms with Crippen molar-refractivity contribution in [1.82, 2.24) is 0 Å². The van der Waals surface area contributed by atoms with E-state index in [4.69, 9.17) is 40.2 Å². The van der Waals surface area contributed by atoms with Crippen LogP contribution in [0.15, 0.2) is 65.6 Å². The summed E-state index contributed by atoms with van der Waals surface area (Å²) in [7, 11) is -2.23. The lowest BCUT2D eigenvalue weighted by molar-refractivity contribution is 0.417. The Morgan fingerprint density at radius 1 is 0.903 bits per heavy atom. The van der Waals surface area contributed by atoms with E-state index in [-0.39, 0.29) is 10.6 Å². The number of hydrogen-bond donors (Lipinski definition) is 3. The van der Waals surface area contributed by atoms with Gasteiger partial charge in [-0.25, -0.2) is 8.42 Å². The molecular weight excluding hydrogens is 477 g/mol. The number of rotatable bonds is 6. The van der Waals surface area contributed by atoms with Gasteiger partial charge < -0.3 is 15.4 Å². The van der Waals surface area contributed by atoms with Crippen LogP contribution in [0.2, 0.25) is 10.0 Å². The molecule has 10 heteroatoms. The maximum atomic E-state index is 12.6. The molecule has 6 nitrogen and oxygen atoms in total. The molecular formula is C21H19Cl2N3O3S2. The quantitative estimate of drug-likeness (QED) is 0.368. The highest BCUT2D eigenvalue weighted by molar-refractivity contribution is 7.92. The SMILES string of the molecule is COc1ccc(C)cc1NC(=S)Nc1ccc(S(=O)(=O)Nc2cc(Cl)cc(Cl)c2)cc1. The first kappa shape index (κ1) is 23.1. The van der Waals surface area contributed by atoms with Gasteiger partial charge in [-0.05, 0) is 79.3 Å². The number of hydrogen-bond acceptors (Lipinski definition) is 4. The average Bonchev–Trinajstić information content (AvgIpc) is 2.67. The highest BCUT2D eigenvalue weighted by Crippen LogP contribution is 2.27. The van der Waals surface area contributed by atoms with Crippen molar-refractivity contribution in [1.29, 1.82) is 0 Å². The van der Waals surface area contributed by atoms with Crippen LogP contribution < -0.4 is 20.1 Å². The number of aryl methyl sites for hydroxylation is 1. The van der Waals surface area contributed by atoms with E-state index in [0.717, 1.165) is 11.3 Å². The Bertz CT molecular complexity index is 1200. The molecule has 3 N–H and O–H groups in total. The summed E-state index contributed by atoms with van der Waals surface area (Å²) in [6.07, 6.45) is 0. The number of sulfonamides is 1. The topological polar surface area (TPSA) is 79.5 Å². The zero-order chi connectivity index (χ0) is 22.6. The largest absolute Gasteiger partial charge is 0.495 e. The van der Waals surface area contributed by atoms with Gasteiger partial charge in [-0.15, -0.1) is 0 Å². The zero-order valence-corrected chi connectivity index (χ0v) is 19.7. The molecule has 0 saturated heterocycles. The van der Waals surface area contributed by atoms with Gasteiger partial charge in [0.2, 0.25) is 0 Å². The first-order valence-corrected chi connectivity index (χ1v) is 11.6. The third-order valence-electron chi connectivity index (χ3n) is 4.14. The van der Waals surface area contributed by atoms with Crippen LogP contribution in [0.1, 0.15) is 5.56 Å². The lowest BCUT2D eigenvalue weighted by Gasteiger charge is -2.14. The lowest BCUT2D eigenvalue weighted by atomic mass is 10.2. The maximum Gasteiger partial charge on any atom is 0.261 e. The Hall–Kier alpha value is -2.52. The fourth-order valence-electron chi connectivity index (χ4n) is 2.75. The molecule has 0 bridgehead atoms. The van der Waals surface area contributed by atoms with Gasteiger partial charge in [0.25, 0.3) is 10.0 Å². The molecule has 0 fully saturated rings. The predicted molar refractivity (Wildman–Crippen MR) is 131 cm³/mol. The minimum Gasteiger partial charge on any atom is -0.495 e. The van der Waals surface area contributed by atoms with Crippen LogP contribution in [-0.4, -0.2) is 20.6 Å². The number of benzene rings is 3. The molecule has 0 aromatic heterocycles. The second-order valence-electron chi connectivity index (χ2n) is 6.57. The van der Waals surface area contributed by atoms with E-state index in [9.17, 15) is 8.42 Å². The third-order valence-corrected chi connectivity index (χ3v) is 6.18. The highest BCUT2D eigenvalue weighted by atomic mass is 35.5. The van der Waals surface area contributed by atoms with Crippen LogP contribution in [0.3, 0.4) is 0 Å². The molecule has 162 valence electrons. The van der Waals surface area contributed by atoms with E-state index < -0.39 is 10.0 Å². The molecule has 0 aliphatic rings. The first-order chi connectivity index (χ1) is 14.7. The molecule has 0 radical (unpaired) electrons. The summed E-state index contributed by atoms with van der Waals surface area (Å²) in [5.41, 5.74) is 2.67.